The summed E-state index contributed by atoms with van der Waals surface area (Å²) in [5.41, 5.74) is 0.238. The van der Waals surface area contributed by atoms with Crippen LogP contribution in [0.1, 0.15) is 13.3 Å². The Morgan fingerprint density at radius 2 is 2.00 bits per heavy atom. The van der Waals surface area contributed by atoms with Crippen LogP contribution in [-0.4, -0.2) is 22.7 Å². The molecule has 0 aliphatic rings. The van der Waals surface area contributed by atoms with Gasteiger partial charge >= 0.3 is 0 Å². The number of nitro groups is 1. The van der Waals surface area contributed by atoms with Crippen LogP contribution >= 0.6 is 23.2 Å². The van der Waals surface area contributed by atoms with Crippen LogP contribution in [-0.2, 0) is 0 Å². The Bertz CT molecular complexity index is 399. The highest BCUT2D eigenvalue weighted by atomic mass is 35.5. The minimum Gasteiger partial charge on any atom is -0.394 e. The summed E-state index contributed by atoms with van der Waals surface area (Å²) in [4.78, 5) is 10.0. The molecule has 0 radical (unpaired) electrons. The number of anilines is 1. The van der Waals surface area contributed by atoms with Crippen molar-refractivity contribution >= 4 is 34.6 Å². The third kappa shape index (κ3) is 3.46. The highest BCUT2D eigenvalue weighted by Crippen LogP contribution is 2.35. The van der Waals surface area contributed by atoms with Gasteiger partial charge in [-0.2, -0.15) is 0 Å². The molecule has 17 heavy (non-hydrogen) atoms. The summed E-state index contributed by atoms with van der Waals surface area (Å²) in [7, 11) is 0. The van der Waals surface area contributed by atoms with E-state index in [0.29, 0.717) is 12.1 Å². The van der Waals surface area contributed by atoms with Crippen LogP contribution in [0, 0.1) is 10.1 Å². The molecule has 1 aromatic carbocycles. The summed E-state index contributed by atoms with van der Waals surface area (Å²) in [5, 5.41) is 22.9. The molecule has 7 heteroatoms. The zero-order chi connectivity index (χ0) is 13.0. The summed E-state index contributed by atoms with van der Waals surface area (Å²) < 4.78 is 0. The van der Waals surface area contributed by atoms with E-state index >= 15 is 0 Å². The topological polar surface area (TPSA) is 75.4 Å². The van der Waals surface area contributed by atoms with Gasteiger partial charge in [0, 0.05) is 18.2 Å². The summed E-state index contributed by atoms with van der Waals surface area (Å²) in [5.74, 6) is 0. The molecule has 2 N–H and O–H groups in total. The van der Waals surface area contributed by atoms with Crippen molar-refractivity contribution in [2.24, 2.45) is 0 Å². The van der Waals surface area contributed by atoms with Gasteiger partial charge in [0.05, 0.1) is 27.3 Å². The molecule has 0 spiro atoms. The van der Waals surface area contributed by atoms with E-state index in [-0.39, 0.29) is 28.4 Å². The fourth-order valence-electron chi connectivity index (χ4n) is 1.28. The lowest BCUT2D eigenvalue weighted by Crippen LogP contribution is -2.22. The monoisotopic (exact) mass is 278 g/mol. The minimum atomic E-state index is -0.565. The maximum Gasteiger partial charge on any atom is 0.272 e. The molecular formula is C10H12Cl2N2O3. The third-order valence-electron chi connectivity index (χ3n) is 2.30. The maximum atomic E-state index is 10.6. The lowest BCUT2D eigenvalue weighted by atomic mass is 10.2. The van der Waals surface area contributed by atoms with Crippen molar-refractivity contribution in [3.8, 4) is 0 Å². The van der Waals surface area contributed by atoms with Crippen LogP contribution in [0.5, 0.6) is 0 Å². The number of non-ortho nitro benzene ring substituents is 1. The predicted octanol–water partition coefficient (Wildman–Crippen LogP) is 3.08. The Balaban J connectivity index is 3.05. The number of hydrogen-bond acceptors (Lipinski definition) is 4. The first-order valence-electron chi connectivity index (χ1n) is 5.00. The maximum absolute atomic E-state index is 10.6. The first-order chi connectivity index (χ1) is 7.99. The minimum absolute atomic E-state index is 0.0693. The normalized spacial score (nSPS) is 12.2. The van der Waals surface area contributed by atoms with E-state index in [1.54, 1.807) is 0 Å². The molecule has 0 saturated heterocycles. The Kier molecular flexibility index (Phi) is 4.99. The Morgan fingerprint density at radius 3 is 2.35 bits per heavy atom. The van der Waals surface area contributed by atoms with Crippen molar-refractivity contribution in [1.82, 2.24) is 0 Å². The van der Waals surface area contributed by atoms with E-state index in [2.05, 4.69) is 5.32 Å². The molecule has 0 aliphatic heterocycles. The number of aliphatic hydroxyl groups is 1. The van der Waals surface area contributed by atoms with Crippen molar-refractivity contribution < 1.29 is 10.0 Å². The average Bonchev–Trinajstić information content (AvgIpc) is 2.28. The Hall–Kier alpha value is -1.04. The molecule has 0 amide bonds. The van der Waals surface area contributed by atoms with Gasteiger partial charge in [0.25, 0.3) is 5.69 Å². The van der Waals surface area contributed by atoms with E-state index in [9.17, 15) is 10.1 Å². The molecule has 1 atom stereocenters. The number of halogens is 2. The molecule has 1 unspecified atom stereocenters. The van der Waals surface area contributed by atoms with Gasteiger partial charge in [0.1, 0.15) is 0 Å². The standard InChI is InChI=1S/C10H12Cl2N2O3/c1-2-6(5-15)13-10-8(11)3-7(14(16)17)4-9(10)12/h3-4,6,13,15H,2,5H2,1H3. The van der Waals surface area contributed by atoms with E-state index < -0.39 is 4.92 Å². The number of aliphatic hydroxyl groups excluding tert-OH is 1. The first-order valence-corrected chi connectivity index (χ1v) is 5.76. The van der Waals surface area contributed by atoms with Crippen molar-refractivity contribution in [2.75, 3.05) is 11.9 Å². The van der Waals surface area contributed by atoms with Gasteiger partial charge in [-0.05, 0) is 6.42 Å². The quantitative estimate of drug-likeness (QED) is 0.641. The van der Waals surface area contributed by atoms with Gasteiger partial charge < -0.3 is 10.4 Å². The van der Waals surface area contributed by atoms with Gasteiger partial charge in [-0.15, -0.1) is 0 Å². The van der Waals surface area contributed by atoms with Crippen molar-refractivity contribution in [3.05, 3.63) is 32.3 Å². The lowest BCUT2D eigenvalue weighted by molar-refractivity contribution is -0.384. The number of rotatable bonds is 5. The van der Waals surface area contributed by atoms with E-state index in [4.69, 9.17) is 28.3 Å². The molecule has 0 aromatic heterocycles. The van der Waals surface area contributed by atoms with Crippen molar-refractivity contribution in [3.63, 3.8) is 0 Å². The third-order valence-corrected chi connectivity index (χ3v) is 2.90. The molecule has 94 valence electrons. The van der Waals surface area contributed by atoms with E-state index in [0.717, 1.165) is 0 Å². The second kappa shape index (κ2) is 6.05. The highest BCUT2D eigenvalue weighted by Gasteiger charge is 2.16. The molecule has 0 aliphatic carbocycles. The van der Waals surface area contributed by atoms with Gasteiger partial charge in [-0.25, -0.2) is 0 Å². The largest absolute Gasteiger partial charge is 0.394 e. The second-order valence-corrected chi connectivity index (χ2v) is 4.29. The molecular weight excluding hydrogens is 267 g/mol. The van der Waals surface area contributed by atoms with Gasteiger partial charge in [0.2, 0.25) is 0 Å². The molecule has 0 fully saturated rings. The van der Waals surface area contributed by atoms with Crippen LogP contribution < -0.4 is 5.32 Å². The zero-order valence-corrected chi connectivity index (χ0v) is 10.6. The molecule has 1 rings (SSSR count). The Morgan fingerprint density at radius 1 is 1.47 bits per heavy atom. The number of benzene rings is 1. The van der Waals surface area contributed by atoms with Crippen LogP contribution in [0.15, 0.2) is 12.1 Å². The fourth-order valence-corrected chi connectivity index (χ4v) is 1.87. The number of hydrogen-bond donors (Lipinski definition) is 2. The second-order valence-electron chi connectivity index (χ2n) is 3.47. The Labute approximate surface area is 108 Å². The van der Waals surface area contributed by atoms with E-state index in [1.165, 1.54) is 12.1 Å². The van der Waals surface area contributed by atoms with Crippen LogP contribution in [0.3, 0.4) is 0 Å². The zero-order valence-electron chi connectivity index (χ0n) is 9.11. The molecule has 5 nitrogen and oxygen atoms in total. The predicted molar refractivity (Wildman–Crippen MR) is 67.9 cm³/mol. The lowest BCUT2D eigenvalue weighted by Gasteiger charge is -2.17. The molecule has 0 bridgehead atoms. The smallest absolute Gasteiger partial charge is 0.272 e. The molecule has 1 aromatic rings. The number of nitro benzene ring substituents is 1. The molecule has 0 saturated carbocycles. The summed E-state index contributed by atoms with van der Waals surface area (Å²) in [6, 6.07) is 2.26. The van der Waals surface area contributed by atoms with Gasteiger partial charge in [0.15, 0.2) is 0 Å². The summed E-state index contributed by atoms with van der Waals surface area (Å²) in [6.07, 6.45) is 0.681. The average molecular weight is 279 g/mol. The van der Waals surface area contributed by atoms with Crippen molar-refractivity contribution in [2.45, 2.75) is 19.4 Å². The van der Waals surface area contributed by atoms with Gasteiger partial charge in [-0.3, -0.25) is 10.1 Å². The van der Waals surface area contributed by atoms with E-state index in [1.807, 2.05) is 6.92 Å². The summed E-state index contributed by atoms with van der Waals surface area (Å²) in [6.45, 7) is 1.82. The van der Waals surface area contributed by atoms with Crippen molar-refractivity contribution in [1.29, 1.82) is 0 Å². The number of nitrogens with zero attached hydrogens (tertiary/aromatic N) is 1. The first kappa shape index (κ1) is 14.0. The SMILES string of the molecule is CCC(CO)Nc1c(Cl)cc([N+](=O)[O-])cc1Cl. The summed E-state index contributed by atoms with van der Waals surface area (Å²) >= 11 is 11.8. The fraction of sp³-hybridized carbons (Fsp3) is 0.400. The highest BCUT2D eigenvalue weighted by molar-refractivity contribution is 6.39. The molecule has 0 heterocycles. The number of nitrogens with one attached hydrogen (secondary N) is 1. The van der Waals surface area contributed by atoms with Crippen LogP contribution in [0.2, 0.25) is 10.0 Å². The van der Waals surface area contributed by atoms with Crippen LogP contribution in [0.25, 0.3) is 0 Å². The van der Waals surface area contributed by atoms with Crippen LogP contribution in [0.4, 0.5) is 11.4 Å². The van der Waals surface area contributed by atoms with Gasteiger partial charge in [-0.1, -0.05) is 30.1 Å².